The molecule has 0 saturated carbocycles. The van der Waals surface area contributed by atoms with E-state index >= 15 is 0 Å². The van der Waals surface area contributed by atoms with Gasteiger partial charge < -0.3 is 4.90 Å². The first-order valence-electron chi connectivity index (χ1n) is 2.57. The van der Waals surface area contributed by atoms with Crippen LogP contribution < -0.4 is 0 Å². The first-order valence-corrected chi connectivity index (χ1v) is 2.57. The monoisotopic (exact) mass is 114 g/mol. The van der Waals surface area contributed by atoms with Crippen LogP contribution >= 0.6 is 0 Å². The number of carbonyl (C=O) groups excluding carboxylic acids is 1. The molecule has 0 aromatic rings. The molecule has 0 aliphatic heterocycles. The summed E-state index contributed by atoms with van der Waals surface area (Å²) in [5, 5.41) is 0. The number of hydrogen-bond donors (Lipinski definition) is 0. The second-order valence-electron chi connectivity index (χ2n) is 2.20. The molecule has 0 rings (SSSR count). The average Bonchev–Trinajstić information content (AvgIpc) is 1.64. The fourth-order valence-electron chi connectivity index (χ4n) is 0.447. The summed E-state index contributed by atoms with van der Waals surface area (Å²) < 4.78 is 0. The minimum atomic E-state index is 0.102. The first-order chi connectivity index (χ1) is 3.55. The lowest BCUT2D eigenvalue weighted by atomic mass is 10.2. The van der Waals surface area contributed by atoms with Crippen molar-refractivity contribution < 1.29 is 4.79 Å². The molecule has 0 heterocycles. The Bertz CT molecular complexity index is 76.5. The molecule has 0 saturated heterocycles. The molecule has 47 valence electrons. The zero-order valence-electron chi connectivity index (χ0n) is 5.86. The maximum Gasteiger partial charge on any atom is 0.228 e. The van der Waals surface area contributed by atoms with Crippen molar-refractivity contribution in [2.45, 2.75) is 13.8 Å². The SMILES string of the molecule is C[C](C)C(=O)N(C)C. The van der Waals surface area contributed by atoms with Crippen molar-refractivity contribution >= 4 is 5.91 Å². The second kappa shape index (κ2) is 2.70. The molecule has 0 unspecified atom stereocenters. The first kappa shape index (κ1) is 7.47. The summed E-state index contributed by atoms with van der Waals surface area (Å²) in [6.45, 7) is 3.62. The Morgan fingerprint density at radius 2 is 1.62 bits per heavy atom. The Labute approximate surface area is 50.5 Å². The molecule has 2 nitrogen and oxygen atoms in total. The molecule has 0 aromatic heterocycles. The highest BCUT2D eigenvalue weighted by atomic mass is 16.2. The van der Waals surface area contributed by atoms with Crippen molar-refractivity contribution in [1.82, 2.24) is 4.90 Å². The maximum absolute atomic E-state index is 10.7. The predicted molar refractivity (Wildman–Crippen MR) is 33.3 cm³/mol. The van der Waals surface area contributed by atoms with Gasteiger partial charge in [0.2, 0.25) is 5.91 Å². The zero-order valence-corrected chi connectivity index (χ0v) is 5.86. The van der Waals surface area contributed by atoms with Crippen molar-refractivity contribution in [1.29, 1.82) is 0 Å². The third kappa shape index (κ3) is 1.96. The number of rotatable bonds is 1. The van der Waals surface area contributed by atoms with Crippen molar-refractivity contribution in [3.05, 3.63) is 5.92 Å². The lowest BCUT2D eigenvalue weighted by molar-refractivity contribution is -0.126. The standard InChI is InChI=1S/C6H12NO/c1-5(2)6(8)7(3)4/h1-4H3. The quantitative estimate of drug-likeness (QED) is 0.491. The van der Waals surface area contributed by atoms with Gasteiger partial charge in [-0.15, -0.1) is 0 Å². The molecule has 0 spiro atoms. The molecule has 0 aliphatic rings. The van der Waals surface area contributed by atoms with E-state index in [0.717, 1.165) is 5.92 Å². The summed E-state index contributed by atoms with van der Waals surface area (Å²) in [6, 6.07) is 0. The van der Waals surface area contributed by atoms with Gasteiger partial charge in [-0.25, -0.2) is 0 Å². The van der Waals surface area contributed by atoms with Crippen molar-refractivity contribution in [3.8, 4) is 0 Å². The lowest BCUT2D eigenvalue weighted by Gasteiger charge is -2.11. The van der Waals surface area contributed by atoms with Crippen LogP contribution in [0.2, 0.25) is 0 Å². The van der Waals surface area contributed by atoms with E-state index in [0.29, 0.717) is 0 Å². The Balaban J connectivity index is 3.65. The van der Waals surface area contributed by atoms with E-state index in [1.165, 1.54) is 0 Å². The van der Waals surface area contributed by atoms with E-state index in [-0.39, 0.29) is 5.91 Å². The van der Waals surface area contributed by atoms with E-state index < -0.39 is 0 Å². The minimum absolute atomic E-state index is 0.102. The highest BCUT2D eigenvalue weighted by Gasteiger charge is 2.07. The Hall–Kier alpha value is -0.530. The van der Waals surface area contributed by atoms with Crippen molar-refractivity contribution in [2.24, 2.45) is 0 Å². The van der Waals surface area contributed by atoms with Crippen molar-refractivity contribution in [2.75, 3.05) is 14.1 Å². The highest BCUT2D eigenvalue weighted by Crippen LogP contribution is 1.97. The van der Waals surface area contributed by atoms with Gasteiger partial charge in [-0.05, 0) is 13.8 Å². The molecule has 0 N–H and O–H groups in total. The largest absolute Gasteiger partial charge is 0.348 e. The maximum atomic E-state index is 10.7. The van der Waals surface area contributed by atoms with Crippen LogP contribution in [0, 0.1) is 5.92 Å². The topological polar surface area (TPSA) is 20.3 Å². The van der Waals surface area contributed by atoms with Gasteiger partial charge in [-0.2, -0.15) is 0 Å². The van der Waals surface area contributed by atoms with Gasteiger partial charge in [0, 0.05) is 14.1 Å². The summed E-state index contributed by atoms with van der Waals surface area (Å²) in [6.07, 6.45) is 0. The van der Waals surface area contributed by atoms with Gasteiger partial charge in [-0.1, -0.05) is 0 Å². The van der Waals surface area contributed by atoms with E-state index in [2.05, 4.69) is 0 Å². The van der Waals surface area contributed by atoms with Crippen molar-refractivity contribution in [3.63, 3.8) is 0 Å². The van der Waals surface area contributed by atoms with E-state index in [1.807, 2.05) is 13.8 Å². The van der Waals surface area contributed by atoms with Gasteiger partial charge in [0.05, 0.1) is 5.92 Å². The van der Waals surface area contributed by atoms with Gasteiger partial charge in [0.15, 0.2) is 0 Å². The fourth-order valence-corrected chi connectivity index (χ4v) is 0.447. The number of carbonyl (C=O) groups is 1. The van der Waals surface area contributed by atoms with Crippen LogP contribution in [-0.4, -0.2) is 24.9 Å². The van der Waals surface area contributed by atoms with Crippen LogP contribution in [0.4, 0.5) is 0 Å². The minimum Gasteiger partial charge on any atom is -0.348 e. The van der Waals surface area contributed by atoms with E-state index in [1.54, 1.807) is 19.0 Å². The van der Waals surface area contributed by atoms with Crippen LogP contribution in [0.1, 0.15) is 13.8 Å². The third-order valence-corrected chi connectivity index (χ3v) is 0.834. The van der Waals surface area contributed by atoms with Crippen LogP contribution in [0.15, 0.2) is 0 Å². The van der Waals surface area contributed by atoms with Gasteiger partial charge in [-0.3, -0.25) is 4.79 Å². The number of amides is 1. The molecular weight excluding hydrogens is 102 g/mol. The molecule has 1 amide bonds. The van der Waals surface area contributed by atoms with Gasteiger partial charge in [0.25, 0.3) is 0 Å². The molecular formula is C6H12NO. The van der Waals surface area contributed by atoms with Gasteiger partial charge >= 0.3 is 0 Å². The predicted octanol–water partition coefficient (Wildman–Crippen LogP) is 0.689. The molecule has 1 radical (unpaired) electrons. The summed E-state index contributed by atoms with van der Waals surface area (Å²) in [4.78, 5) is 12.3. The lowest BCUT2D eigenvalue weighted by Crippen LogP contribution is -2.24. The smallest absolute Gasteiger partial charge is 0.228 e. The molecule has 0 atom stereocenters. The molecule has 0 bridgehead atoms. The summed E-state index contributed by atoms with van der Waals surface area (Å²) >= 11 is 0. The second-order valence-corrected chi connectivity index (χ2v) is 2.20. The summed E-state index contributed by atoms with van der Waals surface area (Å²) in [5.74, 6) is 0.931. The average molecular weight is 114 g/mol. The summed E-state index contributed by atoms with van der Waals surface area (Å²) in [7, 11) is 3.49. The van der Waals surface area contributed by atoms with E-state index in [9.17, 15) is 4.79 Å². The highest BCUT2D eigenvalue weighted by molar-refractivity contribution is 5.88. The fraction of sp³-hybridized carbons (Fsp3) is 0.667. The number of nitrogens with zero attached hydrogens (tertiary/aromatic N) is 1. The summed E-state index contributed by atoms with van der Waals surface area (Å²) in [5.41, 5.74) is 0. The van der Waals surface area contributed by atoms with Gasteiger partial charge in [0.1, 0.15) is 0 Å². The Kier molecular flexibility index (Phi) is 2.52. The Morgan fingerprint density at radius 1 is 1.25 bits per heavy atom. The molecule has 8 heavy (non-hydrogen) atoms. The molecule has 0 aromatic carbocycles. The van der Waals surface area contributed by atoms with Crippen LogP contribution in [0.3, 0.4) is 0 Å². The van der Waals surface area contributed by atoms with Crippen LogP contribution in [0.5, 0.6) is 0 Å². The zero-order chi connectivity index (χ0) is 6.73. The molecule has 0 aliphatic carbocycles. The third-order valence-electron chi connectivity index (χ3n) is 0.834. The molecule has 0 fully saturated rings. The van der Waals surface area contributed by atoms with Crippen LogP contribution in [-0.2, 0) is 4.79 Å². The number of hydrogen-bond acceptors (Lipinski definition) is 1. The molecule has 2 heteroatoms. The van der Waals surface area contributed by atoms with Crippen LogP contribution in [0.25, 0.3) is 0 Å². The normalized spacial score (nSPS) is 9.62. The van der Waals surface area contributed by atoms with E-state index in [4.69, 9.17) is 0 Å². The Morgan fingerprint density at radius 3 is 1.62 bits per heavy atom.